The molecule has 2 aromatic heterocycles. The third-order valence-electron chi connectivity index (χ3n) is 3.43. The lowest BCUT2D eigenvalue weighted by atomic mass is 10.2. The molecule has 2 heterocycles. The Hall–Kier alpha value is -1.41. The summed E-state index contributed by atoms with van der Waals surface area (Å²) in [6.45, 7) is 7.98. The molecule has 1 unspecified atom stereocenters. The van der Waals surface area contributed by atoms with Crippen LogP contribution in [0.3, 0.4) is 0 Å². The third kappa shape index (κ3) is 3.86. The van der Waals surface area contributed by atoms with E-state index in [0.717, 1.165) is 27.8 Å². The second-order valence-electron chi connectivity index (χ2n) is 5.08. The van der Waals surface area contributed by atoms with Crippen molar-refractivity contribution in [2.24, 2.45) is 0 Å². The Morgan fingerprint density at radius 2 is 2.14 bits per heavy atom. The molecule has 2 aromatic rings. The van der Waals surface area contributed by atoms with Crippen LogP contribution in [0, 0.1) is 13.8 Å². The molecule has 0 aromatic carbocycles. The summed E-state index contributed by atoms with van der Waals surface area (Å²) in [7, 11) is 1.83. The number of nitrogens with one attached hydrogen (secondary N) is 1. The predicted molar refractivity (Wildman–Crippen MR) is 89.3 cm³/mol. The quantitative estimate of drug-likeness (QED) is 0.819. The molecule has 0 aliphatic carbocycles. The molecular weight excluding hydrogens is 318 g/mol. The summed E-state index contributed by atoms with van der Waals surface area (Å²) in [6, 6.07) is 0.0276. The lowest BCUT2D eigenvalue weighted by molar-refractivity contribution is -0.128. The van der Waals surface area contributed by atoms with Gasteiger partial charge >= 0.3 is 0 Å². The highest BCUT2D eigenvalue weighted by atomic mass is 32.2. The Bertz CT molecular complexity index is 651. The van der Waals surface area contributed by atoms with Gasteiger partial charge in [-0.3, -0.25) is 9.89 Å². The topological polar surface area (TPSA) is 74.8 Å². The van der Waals surface area contributed by atoms with Crippen molar-refractivity contribution < 1.29 is 4.79 Å². The van der Waals surface area contributed by atoms with Crippen LogP contribution in [-0.4, -0.2) is 43.8 Å². The zero-order valence-electron chi connectivity index (χ0n) is 13.5. The fourth-order valence-electron chi connectivity index (χ4n) is 2.01. The first kappa shape index (κ1) is 17.0. The van der Waals surface area contributed by atoms with Crippen molar-refractivity contribution in [1.29, 1.82) is 0 Å². The molecule has 0 aliphatic rings. The zero-order valence-corrected chi connectivity index (χ0v) is 15.1. The number of hydrogen-bond donors (Lipinski definition) is 1. The van der Waals surface area contributed by atoms with Crippen LogP contribution < -0.4 is 0 Å². The molecule has 0 aliphatic heterocycles. The largest absolute Gasteiger partial charge is 0.337 e. The molecule has 0 spiro atoms. The number of H-pyrrole nitrogens is 1. The number of aromatic nitrogens is 4. The first-order valence-corrected chi connectivity index (χ1v) is 8.96. The number of carbonyl (C=O) groups excluding carboxylic acids is 1. The molecule has 0 saturated heterocycles. The van der Waals surface area contributed by atoms with Gasteiger partial charge in [-0.25, -0.2) is 9.97 Å². The van der Waals surface area contributed by atoms with Crippen LogP contribution in [0.4, 0.5) is 0 Å². The number of aryl methyl sites for hydroxylation is 3. The molecule has 0 bridgehead atoms. The van der Waals surface area contributed by atoms with Gasteiger partial charge in [0.15, 0.2) is 0 Å². The van der Waals surface area contributed by atoms with Gasteiger partial charge in [0.2, 0.25) is 11.1 Å². The molecule has 2 rings (SSSR count). The number of rotatable bonds is 6. The smallest absolute Gasteiger partial charge is 0.233 e. The minimum absolute atomic E-state index is 0.0276. The van der Waals surface area contributed by atoms with Gasteiger partial charge in [0.05, 0.1) is 22.5 Å². The van der Waals surface area contributed by atoms with E-state index in [2.05, 4.69) is 27.1 Å². The lowest BCUT2D eigenvalue weighted by Gasteiger charge is -2.24. The van der Waals surface area contributed by atoms with Gasteiger partial charge < -0.3 is 4.90 Å². The van der Waals surface area contributed by atoms with Gasteiger partial charge in [-0.05, 0) is 27.2 Å². The van der Waals surface area contributed by atoms with Gasteiger partial charge in [0, 0.05) is 11.9 Å². The fourth-order valence-corrected chi connectivity index (χ4v) is 3.88. The Kier molecular flexibility index (Phi) is 5.57. The van der Waals surface area contributed by atoms with Crippen molar-refractivity contribution >= 4 is 29.0 Å². The minimum Gasteiger partial charge on any atom is -0.337 e. The van der Waals surface area contributed by atoms with Gasteiger partial charge in [0.1, 0.15) is 5.82 Å². The highest BCUT2D eigenvalue weighted by Gasteiger charge is 2.22. The van der Waals surface area contributed by atoms with E-state index < -0.39 is 0 Å². The molecule has 0 radical (unpaired) electrons. The van der Waals surface area contributed by atoms with Crippen LogP contribution in [0.2, 0.25) is 0 Å². The van der Waals surface area contributed by atoms with Crippen molar-refractivity contribution in [3.63, 3.8) is 0 Å². The molecule has 0 saturated carbocycles. The van der Waals surface area contributed by atoms with E-state index in [1.807, 2.05) is 27.8 Å². The number of hydrogen-bond acceptors (Lipinski definition) is 6. The van der Waals surface area contributed by atoms with Gasteiger partial charge in [-0.15, -0.1) is 16.4 Å². The standard InChI is InChI=1S/C14H21N5OS2/c1-6-11-15-8(2)13(22-11)9(3)19(5)12(20)7-21-14-16-10(4)17-18-14/h9H,6-7H2,1-5H3,(H,16,17,18). The van der Waals surface area contributed by atoms with E-state index in [-0.39, 0.29) is 11.9 Å². The maximum Gasteiger partial charge on any atom is 0.233 e. The van der Waals surface area contributed by atoms with Crippen molar-refractivity contribution in [2.75, 3.05) is 12.8 Å². The van der Waals surface area contributed by atoms with E-state index in [1.165, 1.54) is 11.8 Å². The molecular formula is C14H21N5OS2. The molecule has 0 fully saturated rings. The maximum atomic E-state index is 12.3. The van der Waals surface area contributed by atoms with Crippen LogP contribution >= 0.6 is 23.1 Å². The average molecular weight is 339 g/mol. The second-order valence-corrected chi connectivity index (χ2v) is 7.14. The Labute approximate surface area is 138 Å². The molecule has 1 amide bonds. The highest BCUT2D eigenvalue weighted by Crippen LogP contribution is 2.29. The molecule has 8 heteroatoms. The Morgan fingerprint density at radius 3 is 2.68 bits per heavy atom. The third-order valence-corrected chi connectivity index (χ3v) is 5.74. The van der Waals surface area contributed by atoms with E-state index in [0.29, 0.717) is 10.9 Å². The van der Waals surface area contributed by atoms with E-state index in [1.54, 1.807) is 16.2 Å². The van der Waals surface area contributed by atoms with Crippen LogP contribution in [0.15, 0.2) is 5.16 Å². The monoisotopic (exact) mass is 339 g/mol. The Morgan fingerprint density at radius 1 is 1.41 bits per heavy atom. The second kappa shape index (κ2) is 7.23. The van der Waals surface area contributed by atoms with Crippen LogP contribution in [0.5, 0.6) is 0 Å². The van der Waals surface area contributed by atoms with Crippen molar-refractivity contribution in [3.05, 3.63) is 21.4 Å². The summed E-state index contributed by atoms with van der Waals surface area (Å²) in [4.78, 5) is 24.0. The summed E-state index contributed by atoms with van der Waals surface area (Å²) in [5.41, 5.74) is 1.02. The van der Waals surface area contributed by atoms with Crippen molar-refractivity contribution in [2.45, 2.75) is 45.3 Å². The van der Waals surface area contributed by atoms with Crippen LogP contribution in [0.25, 0.3) is 0 Å². The van der Waals surface area contributed by atoms with Crippen molar-refractivity contribution in [1.82, 2.24) is 25.1 Å². The van der Waals surface area contributed by atoms with Gasteiger partial charge in [0.25, 0.3) is 0 Å². The summed E-state index contributed by atoms with van der Waals surface area (Å²) in [5.74, 6) is 1.14. The molecule has 22 heavy (non-hydrogen) atoms. The predicted octanol–water partition coefficient (Wildman–Crippen LogP) is 2.75. The molecule has 1 N–H and O–H groups in total. The molecule has 6 nitrogen and oxygen atoms in total. The summed E-state index contributed by atoms with van der Waals surface area (Å²) < 4.78 is 0. The first-order chi connectivity index (χ1) is 10.4. The lowest BCUT2D eigenvalue weighted by Crippen LogP contribution is -2.31. The zero-order chi connectivity index (χ0) is 16.3. The SMILES string of the molecule is CCc1nc(C)c(C(C)N(C)C(=O)CSc2n[nH]c(C)n2)s1. The number of nitrogens with zero attached hydrogens (tertiary/aromatic N) is 4. The average Bonchev–Trinajstić information content (AvgIpc) is 3.08. The number of aromatic amines is 1. The number of amides is 1. The fraction of sp³-hybridized carbons (Fsp3) is 0.571. The minimum atomic E-state index is 0.0276. The number of thioether (sulfide) groups is 1. The van der Waals surface area contributed by atoms with Crippen LogP contribution in [-0.2, 0) is 11.2 Å². The van der Waals surface area contributed by atoms with Crippen molar-refractivity contribution in [3.8, 4) is 0 Å². The summed E-state index contributed by atoms with van der Waals surface area (Å²) in [6.07, 6.45) is 0.927. The highest BCUT2D eigenvalue weighted by molar-refractivity contribution is 7.99. The van der Waals surface area contributed by atoms with E-state index in [9.17, 15) is 4.79 Å². The van der Waals surface area contributed by atoms with Gasteiger partial charge in [-0.1, -0.05) is 18.7 Å². The van der Waals surface area contributed by atoms with E-state index in [4.69, 9.17) is 0 Å². The first-order valence-electron chi connectivity index (χ1n) is 7.16. The normalized spacial score (nSPS) is 12.4. The number of thiazole rings is 1. The van der Waals surface area contributed by atoms with Crippen LogP contribution in [0.1, 0.15) is 41.3 Å². The molecule has 1 atom stereocenters. The number of carbonyl (C=O) groups is 1. The molecule has 120 valence electrons. The summed E-state index contributed by atoms with van der Waals surface area (Å²) in [5, 5.41) is 8.52. The Balaban J connectivity index is 1.98. The summed E-state index contributed by atoms with van der Waals surface area (Å²) >= 11 is 3.04. The van der Waals surface area contributed by atoms with E-state index >= 15 is 0 Å². The van der Waals surface area contributed by atoms with Gasteiger partial charge in [-0.2, -0.15) is 0 Å². The maximum absolute atomic E-state index is 12.3.